The Bertz CT molecular complexity index is 527. The maximum absolute atomic E-state index is 6.14. The summed E-state index contributed by atoms with van der Waals surface area (Å²) in [7, 11) is 1.75. The summed E-state index contributed by atoms with van der Waals surface area (Å²) < 4.78 is 17.9. The first-order chi connectivity index (χ1) is 10.9. The molecule has 1 saturated heterocycles. The molecular weight excluding hydrogens is 278 g/mol. The molecule has 3 aliphatic heterocycles. The Hall–Kier alpha value is -1.42. The van der Waals surface area contributed by atoms with E-state index in [1.807, 2.05) is 0 Å². The summed E-state index contributed by atoms with van der Waals surface area (Å²) in [5.41, 5.74) is 3.91. The van der Waals surface area contributed by atoms with Crippen molar-refractivity contribution >= 4 is 0 Å². The highest BCUT2D eigenvalue weighted by atomic mass is 16.5. The Balaban J connectivity index is 1.90. The quantitative estimate of drug-likeness (QED) is 0.911. The van der Waals surface area contributed by atoms with Gasteiger partial charge < -0.3 is 19.5 Å². The van der Waals surface area contributed by atoms with Crippen LogP contribution in [0.3, 0.4) is 0 Å². The van der Waals surface area contributed by atoms with Crippen molar-refractivity contribution in [3.8, 4) is 17.2 Å². The van der Waals surface area contributed by atoms with Crippen molar-refractivity contribution in [2.45, 2.75) is 51.0 Å². The second kappa shape index (κ2) is 5.99. The van der Waals surface area contributed by atoms with Crippen molar-refractivity contribution in [2.24, 2.45) is 0 Å². The fourth-order valence-corrected chi connectivity index (χ4v) is 4.12. The summed E-state index contributed by atoms with van der Waals surface area (Å²) in [5, 5.41) is 3.70. The molecule has 1 N–H and O–H groups in total. The van der Waals surface area contributed by atoms with Crippen LogP contribution >= 0.6 is 0 Å². The Morgan fingerprint density at radius 3 is 2.45 bits per heavy atom. The standard InChI is InChI=1S/C18H25NO3/c1-20-17-13-7-5-10-21-16(13)15(14-8-2-3-9-19-14)12-6-4-11-22-18(12)17/h14,19H,2-11H2,1H3. The Labute approximate surface area is 132 Å². The summed E-state index contributed by atoms with van der Waals surface area (Å²) >= 11 is 0. The van der Waals surface area contributed by atoms with Gasteiger partial charge in [0.05, 0.1) is 20.3 Å². The van der Waals surface area contributed by atoms with Crippen LogP contribution in [0.2, 0.25) is 0 Å². The van der Waals surface area contributed by atoms with Crippen molar-refractivity contribution < 1.29 is 14.2 Å². The van der Waals surface area contributed by atoms with E-state index in [1.54, 1.807) is 7.11 Å². The fourth-order valence-electron chi connectivity index (χ4n) is 4.12. The molecule has 0 bridgehead atoms. The fraction of sp³-hybridized carbons (Fsp3) is 0.667. The average molecular weight is 303 g/mol. The van der Waals surface area contributed by atoms with Crippen molar-refractivity contribution in [3.05, 3.63) is 16.7 Å². The highest BCUT2D eigenvalue weighted by Gasteiger charge is 2.33. The first-order valence-corrected chi connectivity index (χ1v) is 8.64. The molecule has 0 radical (unpaired) electrons. The summed E-state index contributed by atoms with van der Waals surface area (Å²) in [5.74, 6) is 3.00. The van der Waals surface area contributed by atoms with Crippen molar-refractivity contribution in [3.63, 3.8) is 0 Å². The van der Waals surface area contributed by atoms with Gasteiger partial charge in [0.15, 0.2) is 11.5 Å². The minimum atomic E-state index is 0.405. The van der Waals surface area contributed by atoms with E-state index in [-0.39, 0.29) is 0 Å². The van der Waals surface area contributed by atoms with E-state index in [9.17, 15) is 0 Å². The largest absolute Gasteiger partial charge is 0.493 e. The maximum Gasteiger partial charge on any atom is 0.167 e. The summed E-state index contributed by atoms with van der Waals surface area (Å²) in [6, 6.07) is 0.405. The van der Waals surface area contributed by atoms with Crippen LogP contribution in [0, 0.1) is 0 Å². The van der Waals surface area contributed by atoms with Gasteiger partial charge in [0.25, 0.3) is 0 Å². The van der Waals surface area contributed by atoms with E-state index in [0.717, 1.165) is 62.7 Å². The van der Waals surface area contributed by atoms with E-state index in [4.69, 9.17) is 14.2 Å². The predicted molar refractivity (Wildman–Crippen MR) is 85.2 cm³/mol. The van der Waals surface area contributed by atoms with Gasteiger partial charge in [-0.2, -0.15) is 0 Å². The number of piperidine rings is 1. The highest BCUT2D eigenvalue weighted by molar-refractivity contribution is 5.65. The molecule has 3 aliphatic rings. The zero-order chi connectivity index (χ0) is 14.9. The monoisotopic (exact) mass is 303 g/mol. The molecule has 1 atom stereocenters. The molecule has 0 spiro atoms. The Morgan fingerprint density at radius 1 is 0.955 bits per heavy atom. The van der Waals surface area contributed by atoms with Gasteiger partial charge in [-0.3, -0.25) is 0 Å². The van der Waals surface area contributed by atoms with Gasteiger partial charge >= 0.3 is 0 Å². The molecule has 1 fully saturated rings. The van der Waals surface area contributed by atoms with Gasteiger partial charge in [-0.25, -0.2) is 0 Å². The second-order valence-electron chi connectivity index (χ2n) is 6.47. The van der Waals surface area contributed by atoms with Gasteiger partial charge in [0, 0.05) is 22.7 Å². The van der Waals surface area contributed by atoms with E-state index in [0.29, 0.717) is 6.04 Å². The number of benzene rings is 1. The molecule has 0 amide bonds. The van der Waals surface area contributed by atoms with E-state index < -0.39 is 0 Å². The Kier molecular flexibility index (Phi) is 3.87. The van der Waals surface area contributed by atoms with Crippen molar-refractivity contribution in [1.82, 2.24) is 5.32 Å². The third kappa shape index (κ3) is 2.24. The van der Waals surface area contributed by atoms with Gasteiger partial charge in [0.1, 0.15) is 5.75 Å². The lowest BCUT2D eigenvalue weighted by atomic mass is 9.85. The molecule has 4 nitrogen and oxygen atoms in total. The van der Waals surface area contributed by atoms with E-state index >= 15 is 0 Å². The number of nitrogens with one attached hydrogen (secondary N) is 1. The molecule has 4 heteroatoms. The first-order valence-electron chi connectivity index (χ1n) is 8.64. The van der Waals surface area contributed by atoms with E-state index in [2.05, 4.69) is 5.32 Å². The SMILES string of the molecule is COc1c2c(c(C3CCCCN3)c3c1OCCC3)OCCC2. The van der Waals surface area contributed by atoms with Crippen LogP contribution in [-0.2, 0) is 12.8 Å². The molecule has 120 valence electrons. The smallest absolute Gasteiger partial charge is 0.167 e. The lowest BCUT2D eigenvalue weighted by Crippen LogP contribution is -2.30. The molecule has 22 heavy (non-hydrogen) atoms. The predicted octanol–water partition coefficient (Wildman–Crippen LogP) is 3.16. The first kappa shape index (κ1) is 14.2. The van der Waals surface area contributed by atoms with Crippen molar-refractivity contribution in [1.29, 1.82) is 0 Å². The van der Waals surface area contributed by atoms with Crippen LogP contribution in [0.5, 0.6) is 17.2 Å². The lowest BCUT2D eigenvalue weighted by Gasteiger charge is -2.34. The zero-order valence-electron chi connectivity index (χ0n) is 13.4. The van der Waals surface area contributed by atoms with Crippen LogP contribution in [0.25, 0.3) is 0 Å². The molecule has 4 rings (SSSR count). The average Bonchev–Trinajstić information content (AvgIpc) is 2.60. The maximum atomic E-state index is 6.14. The van der Waals surface area contributed by atoms with Gasteiger partial charge in [-0.15, -0.1) is 0 Å². The van der Waals surface area contributed by atoms with Crippen LogP contribution in [0.1, 0.15) is 54.8 Å². The number of ether oxygens (including phenoxy) is 3. The molecule has 1 unspecified atom stereocenters. The molecule has 3 heterocycles. The highest BCUT2D eigenvalue weighted by Crippen LogP contribution is 2.50. The van der Waals surface area contributed by atoms with Gasteiger partial charge in [0.2, 0.25) is 0 Å². The number of methoxy groups -OCH3 is 1. The topological polar surface area (TPSA) is 39.7 Å². The molecule has 0 aromatic heterocycles. The Morgan fingerprint density at radius 2 is 1.73 bits per heavy atom. The van der Waals surface area contributed by atoms with Crippen molar-refractivity contribution in [2.75, 3.05) is 26.9 Å². The minimum Gasteiger partial charge on any atom is -0.493 e. The summed E-state index contributed by atoms with van der Waals surface area (Å²) in [6.07, 6.45) is 7.97. The number of fused-ring (bicyclic) bond motifs is 2. The summed E-state index contributed by atoms with van der Waals surface area (Å²) in [4.78, 5) is 0. The second-order valence-corrected chi connectivity index (χ2v) is 6.47. The van der Waals surface area contributed by atoms with Crippen LogP contribution < -0.4 is 19.5 Å². The van der Waals surface area contributed by atoms with Gasteiger partial charge in [-0.05, 0) is 45.1 Å². The van der Waals surface area contributed by atoms with Crippen LogP contribution in [0.15, 0.2) is 0 Å². The summed E-state index contributed by atoms with van der Waals surface area (Å²) in [6.45, 7) is 2.71. The third-order valence-electron chi connectivity index (χ3n) is 5.10. The van der Waals surface area contributed by atoms with E-state index in [1.165, 1.54) is 36.0 Å². The van der Waals surface area contributed by atoms with Crippen LogP contribution in [0.4, 0.5) is 0 Å². The molecule has 1 aromatic carbocycles. The number of hydrogen-bond acceptors (Lipinski definition) is 4. The number of hydrogen-bond donors (Lipinski definition) is 1. The molecular formula is C18H25NO3. The number of rotatable bonds is 2. The molecule has 1 aromatic rings. The van der Waals surface area contributed by atoms with Gasteiger partial charge in [-0.1, -0.05) is 6.42 Å². The molecule has 0 saturated carbocycles. The zero-order valence-corrected chi connectivity index (χ0v) is 13.4. The minimum absolute atomic E-state index is 0.405. The third-order valence-corrected chi connectivity index (χ3v) is 5.10. The van der Waals surface area contributed by atoms with Crippen LogP contribution in [-0.4, -0.2) is 26.9 Å². The normalized spacial score (nSPS) is 23.8. The molecule has 0 aliphatic carbocycles. The lowest BCUT2D eigenvalue weighted by molar-refractivity contribution is 0.245.